The molecule has 0 unspecified atom stereocenters. The molecular formula is C36H82. The van der Waals surface area contributed by atoms with Gasteiger partial charge < -0.3 is 0 Å². The maximum absolute atomic E-state index is 2.28. The molecule has 1 fully saturated rings. The second kappa shape index (κ2) is 39.5. The van der Waals surface area contributed by atoms with E-state index in [1.54, 1.807) is 0 Å². The lowest BCUT2D eigenvalue weighted by Gasteiger charge is -2.22. The molecule has 0 aromatic rings. The predicted octanol–water partition coefficient (Wildman–Crippen LogP) is 14.4. The lowest BCUT2D eigenvalue weighted by molar-refractivity contribution is 0.307. The zero-order valence-electron chi connectivity index (χ0n) is 29.4. The Morgan fingerprint density at radius 3 is 0.528 bits per heavy atom. The molecule has 1 aliphatic carbocycles. The molecule has 226 valence electrons. The van der Waals surface area contributed by atoms with Gasteiger partial charge in [-0.3, -0.25) is 0 Å². The lowest BCUT2D eigenvalue weighted by Crippen LogP contribution is -2.08. The van der Waals surface area contributed by atoms with E-state index >= 15 is 0 Å². The van der Waals surface area contributed by atoms with E-state index in [2.05, 4.69) is 111 Å². The van der Waals surface area contributed by atoms with E-state index in [1.165, 1.54) is 89.9 Å². The molecule has 0 heterocycles. The van der Waals surface area contributed by atoms with Crippen molar-refractivity contribution in [1.82, 2.24) is 0 Å². The van der Waals surface area contributed by atoms with Crippen molar-refractivity contribution in [3.8, 4) is 0 Å². The van der Waals surface area contributed by atoms with Crippen molar-refractivity contribution in [1.29, 1.82) is 0 Å². The number of hydrogen-bond acceptors (Lipinski definition) is 0. The fourth-order valence-electron chi connectivity index (χ4n) is 2.34. The van der Waals surface area contributed by atoms with Gasteiger partial charge in [-0.1, -0.05) is 201 Å². The van der Waals surface area contributed by atoms with Crippen LogP contribution >= 0.6 is 0 Å². The van der Waals surface area contributed by atoms with Crippen molar-refractivity contribution >= 4 is 0 Å². The van der Waals surface area contributed by atoms with Crippen LogP contribution in [0.15, 0.2) is 0 Å². The highest BCUT2D eigenvalue weighted by atomic mass is 14.2. The van der Waals surface area contributed by atoms with Gasteiger partial charge in [0.25, 0.3) is 0 Å². The molecule has 0 atom stereocenters. The molecule has 0 bridgehead atoms. The van der Waals surface area contributed by atoms with Crippen LogP contribution in [0, 0.1) is 35.5 Å². The lowest BCUT2D eigenvalue weighted by atomic mass is 9.84. The van der Waals surface area contributed by atoms with E-state index in [4.69, 9.17) is 0 Å². The highest BCUT2D eigenvalue weighted by molar-refractivity contribution is 4.66. The second-order valence-electron chi connectivity index (χ2n) is 11.8. The maximum atomic E-state index is 2.28. The van der Waals surface area contributed by atoms with E-state index in [9.17, 15) is 0 Å². The molecule has 0 aromatic heterocycles. The van der Waals surface area contributed by atoms with Crippen LogP contribution in [0.25, 0.3) is 0 Å². The summed E-state index contributed by atoms with van der Waals surface area (Å²) >= 11 is 0. The topological polar surface area (TPSA) is 0 Å². The van der Waals surface area contributed by atoms with Gasteiger partial charge in [0.2, 0.25) is 0 Å². The molecule has 0 radical (unpaired) electrons. The molecule has 0 N–H and O–H groups in total. The van der Waals surface area contributed by atoms with Crippen LogP contribution in [0.3, 0.4) is 0 Å². The van der Waals surface area contributed by atoms with Crippen molar-refractivity contribution in [2.24, 2.45) is 35.5 Å². The zero-order valence-corrected chi connectivity index (χ0v) is 29.4. The Kier molecular flexibility index (Phi) is 50.4. The van der Waals surface area contributed by atoms with E-state index in [0.717, 1.165) is 35.5 Å². The maximum Gasteiger partial charge on any atom is -0.0417 e. The summed E-state index contributed by atoms with van der Waals surface area (Å²) in [4.78, 5) is 0. The molecule has 1 aliphatic rings. The Hall–Kier alpha value is 0. The SMILES string of the molecule is CCC(C)CC.CCC(C)CC.CCC(C)CC.CCC(C)CC.CCC(C)CC.CCC1CCC1. The van der Waals surface area contributed by atoms with Crippen LogP contribution < -0.4 is 0 Å². The third-order valence-electron chi connectivity index (χ3n) is 8.77. The summed E-state index contributed by atoms with van der Waals surface area (Å²) in [5.41, 5.74) is 0. The Bertz CT molecular complexity index is 223. The van der Waals surface area contributed by atoms with Crippen molar-refractivity contribution in [3.05, 3.63) is 0 Å². The molecule has 36 heavy (non-hydrogen) atoms. The molecule has 0 heteroatoms. The van der Waals surface area contributed by atoms with Gasteiger partial charge in [0.05, 0.1) is 0 Å². The van der Waals surface area contributed by atoms with Crippen molar-refractivity contribution in [2.45, 2.75) is 201 Å². The van der Waals surface area contributed by atoms with Crippen LogP contribution in [0.4, 0.5) is 0 Å². The Labute approximate surface area is 236 Å². The van der Waals surface area contributed by atoms with Crippen LogP contribution in [-0.2, 0) is 0 Å². The summed E-state index contributed by atoms with van der Waals surface area (Å²) in [6.45, 7) is 36.0. The minimum atomic E-state index is 0.935. The first-order valence-electron chi connectivity index (χ1n) is 17.0. The van der Waals surface area contributed by atoms with E-state index in [1.807, 2.05) is 0 Å². The van der Waals surface area contributed by atoms with Gasteiger partial charge in [0, 0.05) is 0 Å². The monoisotopic (exact) mass is 515 g/mol. The fraction of sp³-hybridized carbons (Fsp3) is 1.00. The van der Waals surface area contributed by atoms with Gasteiger partial charge in [0.1, 0.15) is 0 Å². The van der Waals surface area contributed by atoms with Crippen LogP contribution in [-0.4, -0.2) is 0 Å². The Balaban J connectivity index is -0.000000107. The molecular weight excluding hydrogens is 432 g/mol. The third kappa shape index (κ3) is 47.2. The molecule has 1 saturated carbocycles. The fourth-order valence-corrected chi connectivity index (χ4v) is 2.34. The molecule has 0 nitrogen and oxygen atoms in total. The normalized spacial score (nSPS) is 12.2. The average molecular weight is 515 g/mol. The molecule has 1 rings (SSSR count). The van der Waals surface area contributed by atoms with Crippen LogP contribution in [0.1, 0.15) is 201 Å². The second-order valence-corrected chi connectivity index (χ2v) is 11.8. The minimum Gasteiger partial charge on any atom is -0.0651 e. The third-order valence-corrected chi connectivity index (χ3v) is 8.77. The minimum absolute atomic E-state index is 0.935. The Morgan fingerprint density at radius 1 is 0.361 bits per heavy atom. The number of hydrogen-bond donors (Lipinski definition) is 0. The quantitative estimate of drug-likeness (QED) is 0.257. The highest BCUT2D eigenvalue weighted by Crippen LogP contribution is 2.28. The van der Waals surface area contributed by atoms with Crippen molar-refractivity contribution < 1.29 is 0 Å². The smallest absolute Gasteiger partial charge is 0.0417 e. The summed E-state index contributed by atoms with van der Waals surface area (Å²) in [7, 11) is 0. The van der Waals surface area contributed by atoms with E-state index in [0.29, 0.717) is 0 Å². The first-order chi connectivity index (χ1) is 17.0. The Morgan fingerprint density at radius 2 is 0.528 bits per heavy atom. The van der Waals surface area contributed by atoms with Crippen molar-refractivity contribution in [3.63, 3.8) is 0 Å². The number of rotatable bonds is 11. The summed E-state index contributed by atoms with van der Waals surface area (Å²) in [5.74, 6) is 5.79. The molecule has 0 aliphatic heterocycles. The highest BCUT2D eigenvalue weighted by Gasteiger charge is 2.13. The van der Waals surface area contributed by atoms with Gasteiger partial charge in [-0.25, -0.2) is 0 Å². The van der Waals surface area contributed by atoms with Crippen LogP contribution in [0.2, 0.25) is 0 Å². The van der Waals surface area contributed by atoms with Crippen molar-refractivity contribution in [2.75, 3.05) is 0 Å². The molecule has 0 saturated heterocycles. The van der Waals surface area contributed by atoms with Crippen LogP contribution in [0.5, 0.6) is 0 Å². The molecule has 0 amide bonds. The van der Waals surface area contributed by atoms with E-state index < -0.39 is 0 Å². The first kappa shape index (κ1) is 45.9. The largest absolute Gasteiger partial charge is 0.0651 e. The summed E-state index contributed by atoms with van der Waals surface area (Å²) in [6.07, 6.45) is 19.2. The van der Waals surface area contributed by atoms with Gasteiger partial charge in [-0.05, 0) is 35.5 Å². The summed E-state index contributed by atoms with van der Waals surface area (Å²) in [6, 6.07) is 0. The predicted molar refractivity (Wildman–Crippen MR) is 176 cm³/mol. The summed E-state index contributed by atoms with van der Waals surface area (Å²) < 4.78 is 0. The first-order valence-corrected chi connectivity index (χ1v) is 17.0. The molecule has 0 spiro atoms. The van der Waals surface area contributed by atoms with E-state index in [-0.39, 0.29) is 0 Å². The van der Waals surface area contributed by atoms with Gasteiger partial charge >= 0.3 is 0 Å². The van der Waals surface area contributed by atoms with Gasteiger partial charge in [-0.2, -0.15) is 0 Å². The van der Waals surface area contributed by atoms with Gasteiger partial charge in [-0.15, -0.1) is 0 Å². The standard InChI is InChI=1S/C6H12.5C6H14/c1-2-6-4-3-5-6;5*1-4-6(3)5-2/h6H,2-5H2,1H3;5*6H,4-5H2,1-3H3. The molecule has 0 aromatic carbocycles. The average Bonchev–Trinajstić information content (AvgIpc) is 2.91. The zero-order chi connectivity index (χ0) is 29.4. The van der Waals surface area contributed by atoms with Gasteiger partial charge in [0.15, 0.2) is 0 Å². The summed E-state index contributed by atoms with van der Waals surface area (Å²) in [5, 5.41) is 0.